The van der Waals surface area contributed by atoms with E-state index in [0.29, 0.717) is 37.3 Å². The Bertz CT molecular complexity index is 639. The highest BCUT2D eigenvalue weighted by atomic mass is 16.2. The van der Waals surface area contributed by atoms with Gasteiger partial charge in [0.25, 0.3) is 0 Å². The molecule has 0 unspecified atom stereocenters. The molecule has 1 heterocycles. The number of piperidine rings is 1. The lowest BCUT2D eigenvalue weighted by atomic mass is 9.90. The highest BCUT2D eigenvalue weighted by molar-refractivity contribution is 5.93. The molecule has 0 aliphatic carbocycles. The quantitative estimate of drug-likeness (QED) is 0.884. The molecule has 0 radical (unpaired) electrons. The second kappa shape index (κ2) is 7.68. The van der Waals surface area contributed by atoms with Crippen LogP contribution < -0.4 is 10.6 Å². The Hall–Kier alpha value is -2.37. The first-order valence-electron chi connectivity index (χ1n) is 8.64. The molecule has 0 saturated carbocycles. The Morgan fingerprint density at radius 3 is 1.88 bits per heavy atom. The largest absolute Gasteiger partial charge is 0.342 e. The van der Waals surface area contributed by atoms with E-state index in [1.54, 1.807) is 24.3 Å². The first kappa shape index (κ1) is 19.0. The molecule has 1 aliphatic heterocycles. The van der Waals surface area contributed by atoms with Crippen molar-refractivity contribution in [3.63, 3.8) is 0 Å². The summed E-state index contributed by atoms with van der Waals surface area (Å²) in [6, 6.07) is 7.03. The lowest BCUT2D eigenvalue weighted by molar-refractivity contribution is -0.142. The molecular weight excluding hydrogens is 318 g/mol. The predicted octanol–water partition coefficient (Wildman–Crippen LogP) is 2.87. The average molecular weight is 345 g/mol. The fourth-order valence-corrected chi connectivity index (χ4v) is 2.90. The molecule has 0 bridgehead atoms. The summed E-state index contributed by atoms with van der Waals surface area (Å²) in [5, 5.41) is 5.60. The van der Waals surface area contributed by atoms with Gasteiger partial charge >= 0.3 is 0 Å². The van der Waals surface area contributed by atoms with Gasteiger partial charge in [-0.2, -0.15) is 0 Å². The van der Waals surface area contributed by atoms with E-state index in [2.05, 4.69) is 10.6 Å². The van der Waals surface area contributed by atoms with Gasteiger partial charge in [0.05, 0.1) is 0 Å². The van der Waals surface area contributed by atoms with Crippen LogP contribution in [0, 0.1) is 11.3 Å². The Balaban J connectivity index is 1.86. The van der Waals surface area contributed by atoms with Crippen molar-refractivity contribution in [1.82, 2.24) is 4.90 Å². The highest BCUT2D eigenvalue weighted by Gasteiger charge is 2.32. The van der Waals surface area contributed by atoms with E-state index in [4.69, 9.17) is 0 Å². The Morgan fingerprint density at radius 1 is 0.960 bits per heavy atom. The summed E-state index contributed by atoms with van der Waals surface area (Å²) in [6.45, 7) is 8.44. The minimum absolute atomic E-state index is 0.0184. The fourth-order valence-electron chi connectivity index (χ4n) is 2.90. The van der Waals surface area contributed by atoms with Crippen LogP contribution in [0.1, 0.15) is 40.5 Å². The zero-order chi connectivity index (χ0) is 18.6. The van der Waals surface area contributed by atoms with Gasteiger partial charge in [-0.1, -0.05) is 20.8 Å². The summed E-state index contributed by atoms with van der Waals surface area (Å²) in [5.74, 6) is -0.0950. The smallest absolute Gasteiger partial charge is 0.227 e. The van der Waals surface area contributed by atoms with Crippen molar-refractivity contribution >= 4 is 29.1 Å². The minimum atomic E-state index is -0.384. The van der Waals surface area contributed by atoms with Crippen molar-refractivity contribution in [2.24, 2.45) is 11.3 Å². The Morgan fingerprint density at radius 2 is 1.44 bits per heavy atom. The van der Waals surface area contributed by atoms with E-state index in [1.165, 1.54) is 6.92 Å². The monoisotopic (exact) mass is 345 g/mol. The van der Waals surface area contributed by atoms with E-state index < -0.39 is 0 Å². The third-order valence-corrected chi connectivity index (χ3v) is 4.27. The number of hydrogen-bond acceptors (Lipinski definition) is 3. The third kappa shape index (κ3) is 5.31. The molecular formula is C19H27N3O3. The van der Waals surface area contributed by atoms with Crippen molar-refractivity contribution < 1.29 is 14.4 Å². The normalized spacial score (nSPS) is 15.6. The van der Waals surface area contributed by atoms with Crippen LogP contribution in [0.4, 0.5) is 11.4 Å². The number of rotatable bonds is 3. The van der Waals surface area contributed by atoms with E-state index in [0.717, 1.165) is 0 Å². The van der Waals surface area contributed by atoms with Crippen molar-refractivity contribution in [1.29, 1.82) is 0 Å². The number of likely N-dealkylation sites (tertiary alicyclic amines) is 1. The SMILES string of the molecule is CC(=O)Nc1ccc(NC(=O)C2CCN(C(=O)C(C)(C)C)CC2)cc1. The van der Waals surface area contributed by atoms with Crippen LogP contribution in [-0.2, 0) is 14.4 Å². The lowest BCUT2D eigenvalue weighted by Gasteiger charge is -2.35. The number of carbonyl (C=O) groups excluding carboxylic acids is 3. The zero-order valence-electron chi connectivity index (χ0n) is 15.4. The Kier molecular flexibility index (Phi) is 5.82. The second-order valence-corrected chi connectivity index (χ2v) is 7.56. The molecule has 25 heavy (non-hydrogen) atoms. The summed E-state index contributed by atoms with van der Waals surface area (Å²) in [5.41, 5.74) is 1.01. The molecule has 1 saturated heterocycles. The number of nitrogens with zero attached hydrogens (tertiary/aromatic N) is 1. The van der Waals surface area contributed by atoms with Gasteiger partial charge < -0.3 is 15.5 Å². The van der Waals surface area contributed by atoms with E-state index >= 15 is 0 Å². The molecule has 6 heteroatoms. The van der Waals surface area contributed by atoms with Crippen LogP contribution >= 0.6 is 0 Å². The van der Waals surface area contributed by atoms with Gasteiger partial charge in [0.2, 0.25) is 17.7 Å². The maximum absolute atomic E-state index is 12.4. The van der Waals surface area contributed by atoms with Crippen LogP contribution in [0.3, 0.4) is 0 Å². The van der Waals surface area contributed by atoms with Gasteiger partial charge in [-0.15, -0.1) is 0 Å². The molecule has 136 valence electrons. The van der Waals surface area contributed by atoms with Gasteiger partial charge in [-0.3, -0.25) is 14.4 Å². The van der Waals surface area contributed by atoms with Crippen molar-refractivity contribution in [2.75, 3.05) is 23.7 Å². The molecule has 1 fully saturated rings. The molecule has 3 amide bonds. The number of amides is 3. The fraction of sp³-hybridized carbons (Fsp3) is 0.526. The molecule has 1 aliphatic rings. The molecule has 2 N–H and O–H groups in total. The predicted molar refractivity (Wildman–Crippen MR) is 98.1 cm³/mol. The van der Waals surface area contributed by atoms with E-state index in [-0.39, 0.29) is 29.1 Å². The van der Waals surface area contributed by atoms with Gasteiger partial charge in [-0.25, -0.2) is 0 Å². The molecule has 1 aromatic carbocycles. The summed E-state index contributed by atoms with van der Waals surface area (Å²) in [4.78, 5) is 37.6. The standard InChI is InChI=1S/C19H27N3O3/c1-13(23)20-15-5-7-16(8-6-15)21-17(24)14-9-11-22(12-10-14)18(25)19(2,3)4/h5-8,14H,9-12H2,1-4H3,(H,20,23)(H,21,24). The number of nitrogens with one attached hydrogen (secondary N) is 2. The first-order valence-corrected chi connectivity index (χ1v) is 8.64. The minimum Gasteiger partial charge on any atom is -0.342 e. The number of anilines is 2. The van der Waals surface area contributed by atoms with Gasteiger partial charge in [0.1, 0.15) is 0 Å². The summed E-state index contributed by atoms with van der Waals surface area (Å²) in [7, 11) is 0. The first-order chi connectivity index (χ1) is 11.7. The van der Waals surface area contributed by atoms with Gasteiger partial charge in [-0.05, 0) is 37.1 Å². The third-order valence-electron chi connectivity index (χ3n) is 4.27. The van der Waals surface area contributed by atoms with Crippen LogP contribution in [-0.4, -0.2) is 35.7 Å². The molecule has 1 aromatic rings. The molecule has 2 rings (SSSR count). The van der Waals surface area contributed by atoms with Crippen molar-refractivity contribution in [3.05, 3.63) is 24.3 Å². The Labute approximate surface area is 149 Å². The topological polar surface area (TPSA) is 78.5 Å². The molecule has 0 spiro atoms. The van der Waals surface area contributed by atoms with Crippen LogP contribution in [0.15, 0.2) is 24.3 Å². The molecule has 0 aromatic heterocycles. The van der Waals surface area contributed by atoms with E-state index in [1.807, 2.05) is 25.7 Å². The highest BCUT2D eigenvalue weighted by Crippen LogP contribution is 2.24. The van der Waals surface area contributed by atoms with Crippen LogP contribution in [0.5, 0.6) is 0 Å². The van der Waals surface area contributed by atoms with Crippen molar-refractivity contribution in [2.45, 2.75) is 40.5 Å². The number of carbonyl (C=O) groups is 3. The molecule has 0 atom stereocenters. The maximum Gasteiger partial charge on any atom is 0.227 e. The maximum atomic E-state index is 12.4. The summed E-state index contributed by atoms with van der Waals surface area (Å²) >= 11 is 0. The van der Waals surface area contributed by atoms with Crippen LogP contribution in [0.2, 0.25) is 0 Å². The summed E-state index contributed by atoms with van der Waals surface area (Å²) in [6.07, 6.45) is 1.36. The van der Waals surface area contributed by atoms with Crippen LogP contribution in [0.25, 0.3) is 0 Å². The summed E-state index contributed by atoms with van der Waals surface area (Å²) < 4.78 is 0. The molecule has 6 nitrogen and oxygen atoms in total. The second-order valence-electron chi connectivity index (χ2n) is 7.56. The van der Waals surface area contributed by atoms with Gasteiger partial charge in [0.15, 0.2) is 0 Å². The van der Waals surface area contributed by atoms with Gasteiger partial charge in [0, 0.05) is 42.7 Å². The zero-order valence-corrected chi connectivity index (χ0v) is 15.4. The number of benzene rings is 1. The van der Waals surface area contributed by atoms with E-state index in [9.17, 15) is 14.4 Å². The lowest BCUT2D eigenvalue weighted by Crippen LogP contribution is -2.45. The average Bonchev–Trinajstić information content (AvgIpc) is 2.55. The van der Waals surface area contributed by atoms with Crippen molar-refractivity contribution in [3.8, 4) is 0 Å². The number of hydrogen-bond donors (Lipinski definition) is 2.